The number of ether oxygens (including phenoxy) is 1. The number of hydrogen-bond donors (Lipinski definition) is 2. The molecule has 0 atom stereocenters. The Hall–Kier alpha value is -2.24. The van der Waals surface area contributed by atoms with Crippen LogP contribution in [0.3, 0.4) is 0 Å². The van der Waals surface area contributed by atoms with E-state index in [9.17, 15) is 4.79 Å². The minimum absolute atomic E-state index is 0.261. The number of carbonyl (C=O) groups excluding carboxylic acids is 1. The maximum atomic E-state index is 11.8. The van der Waals surface area contributed by atoms with E-state index in [0.717, 1.165) is 16.3 Å². The Labute approximate surface area is 135 Å². The molecule has 0 saturated heterocycles. The van der Waals surface area contributed by atoms with E-state index in [0.29, 0.717) is 18.3 Å². The highest BCUT2D eigenvalue weighted by Crippen LogP contribution is 2.19. The summed E-state index contributed by atoms with van der Waals surface area (Å²) < 4.78 is 4.89. The van der Waals surface area contributed by atoms with Crippen LogP contribution in [0.25, 0.3) is 16.8 Å². The van der Waals surface area contributed by atoms with Gasteiger partial charge in [-0.25, -0.2) is 0 Å². The van der Waals surface area contributed by atoms with Crippen LogP contribution in [0.2, 0.25) is 0 Å². The SMILES string of the molecule is COCCNC(=S)NC(=O)/C=C/c1cccc2ccccc12. The number of hydrogen-bond acceptors (Lipinski definition) is 3. The summed E-state index contributed by atoms with van der Waals surface area (Å²) >= 11 is 5.02. The minimum Gasteiger partial charge on any atom is -0.383 e. The van der Waals surface area contributed by atoms with Gasteiger partial charge in [0.1, 0.15) is 0 Å². The third-order valence-corrected chi connectivity index (χ3v) is 3.31. The van der Waals surface area contributed by atoms with Gasteiger partial charge in [-0.1, -0.05) is 42.5 Å². The predicted molar refractivity (Wildman–Crippen MR) is 93.6 cm³/mol. The summed E-state index contributed by atoms with van der Waals surface area (Å²) in [4.78, 5) is 11.8. The van der Waals surface area contributed by atoms with Crippen LogP contribution in [-0.4, -0.2) is 31.3 Å². The number of nitrogens with one attached hydrogen (secondary N) is 2. The molecule has 0 aliphatic carbocycles. The molecule has 0 unspecified atom stereocenters. The quantitative estimate of drug-likeness (QED) is 0.506. The lowest BCUT2D eigenvalue weighted by Gasteiger charge is -2.07. The fourth-order valence-electron chi connectivity index (χ4n) is 2.03. The molecule has 0 aliphatic heterocycles. The third kappa shape index (κ3) is 4.65. The van der Waals surface area contributed by atoms with Gasteiger partial charge in [-0.3, -0.25) is 10.1 Å². The highest BCUT2D eigenvalue weighted by Gasteiger charge is 2.01. The summed E-state index contributed by atoms with van der Waals surface area (Å²) in [5.74, 6) is -0.261. The van der Waals surface area contributed by atoms with Crippen molar-refractivity contribution in [2.75, 3.05) is 20.3 Å². The smallest absolute Gasteiger partial charge is 0.250 e. The Balaban J connectivity index is 1.98. The van der Waals surface area contributed by atoms with Gasteiger partial charge in [-0.05, 0) is 34.6 Å². The van der Waals surface area contributed by atoms with Crippen LogP contribution in [0.1, 0.15) is 5.56 Å². The van der Waals surface area contributed by atoms with Gasteiger partial charge < -0.3 is 10.1 Å². The topological polar surface area (TPSA) is 50.4 Å². The average molecular weight is 314 g/mol. The first-order chi connectivity index (χ1) is 10.7. The Morgan fingerprint density at radius 2 is 2.00 bits per heavy atom. The first-order valence-corrected chi connectivity index (χ1v) is 7.35. The predicted octanol–water partition coefficient (Wildman–Crippen LogP) is 2.49. The lowest BCUT2D eigenvalue weighted by Crippen LogP contribution is -2.39. The van der Waals surface area contributed by atoms with Gasteiger partial charge in [0, 0.05) is 19.7 Å². The van der Waals surface area contributed by atoms with Crippen LogP contribution in [0, 0.1) is 0 Å². The van der Waals surface area contributed by atoms with Gasteiger partial charge in [0.05, 0.1) is 6.61 Å². The molecular weight excluding hydrogens is 296 g/mol. The van der Waals surface area contributed by atoms with E-state index in [-0.39, 0.29) is 5.91 Å². The van der Waals surface area contributed by atoms with Crippen molar-refractivity contribution < 1.29 is 9.53 Å². The van der Waals surface area contributed by atoms with Gasteiger partial charge in [0.25, 0.3) is 0 Å². The molecule has 2 rings (SSSR count). The molecule has 0 aromatic heterocycles. The fourth-order valence-corrected chi connectivity index (χ4v) is 2.23. The fraction of sp³-hybridized carbons (Fsp3) is 0.176. The Morgan fingerprint density at radius 3 is 2.82 bits per heavy atom. The zero-order valence-electron chi connectivity index (χ0n) is 12.3. The number of amides is 1. The normalized spacial score (nSPS) is 10.8. The molecule has 5 heteroatoms. The first-order valence-electron chi connectivity index (χ1n) is 6.94. The summed E-state index contributed by atoms with van der Waals surface area (Å²) in [6.07, 6.45) is 3.27. The summed E-state index contributed by atoms with van der Waals surface area (Å²) in [7, 11) is 1.61. The second-order valence-electron chi connectivity index (χ2n) is 4.64. The van der Waals surface area contributed by atoms with Crippen LogP contribution in [0.5, 0.6) is 0 Å². The summed E-state index contributed by atoms with van der Waals surface area (Å²) in [6.45, 7) is 1.09. The molecule has 22 heavy (non-hydrogen) atoms. The van der Waals surface area contributed by atoms with Crippen LogP contribution in [-0.2, 0) is 9.53 Å². The van der Waals surface area contributed by atoms with Gasteiger partial charge in [-0.2, -0.15) is 0 Å². The molecule has 2 N–H and O–H groups in total. The lowest BCUT2D eigenvalue weighted by molar-refractivity contribution is -0.115. The maximum Gasteiger partial charge on any atom is 0.250 e. The van der Waals surface area contributed by atoms with Crippen molar-refractivity contribution in [3.63, 3.8) is 0 Å². The second kappa shape index (κ2) is 8.26. The number of carbonyl (C=O) groups is 1. The third-order valence-electron chi connectivity index (χ3n) is 3.07. The van der Waals surface area contributed by atoms with Crippen LogP contribution in [0.15, 0.2) is 48.5 Å². The monoisotopic (exact) mass is 314 g/mol. The number of thiocarbonyl (C=S) groups is 1. The lowest BCUT2D eigenvalue weighted by atomic mass is 10.0. The van der Waals surface area contributed by atoms with Crippen LogP contribution in [0.4, 0.5) is 0 Å². The van der Waals surface area contributed by atoms with Crippen molar-refractivity contribution in [3.8, 4) is 0 Å². The minimum atomic E-state index is -0.261. The average Bonchev–Trinajstić information content (AvgIpc) is 2.53. The second-order valence-corrected chi connectivity index (χ2v) is 5.05. The largest absolute Gasteiger partial charge is 0.383 e. The molecule has 2 aromatic carbocycles. The molecular formula is C17H18N2O2S. The van der Waals surface area contributed by atoms with E-state index in [2.05, 4.69) is 10.6 Å². The molecule has 0 aliphatic rings. The van der Waals surface area contributed by atoms with E-state index in [1.165, 1.54) is 6.08 Å². The van der Waals surface area contributed by atoms with Crippen molar-refractivity contribution in [1.82, 2.24) is 10.6 Å². The molecule has 0 bridgehead atoms. The standard InChI is InChI=1S/C17H18N2O2S/c1-21-12-11-18-17(22)19-16(20)10-9-14-7-4-6-13-5-2-3-8-15(13)14/h2-10H,11-12H2,1H3,(H2,18,19,20,22)/b10-9+. The molecule has 0 radical (unpaired) electrons. The zero-order valence-corrected chi connectivity index (χ0v) is 13.2. The molecule has 0 saturated carbocycles. The summed E-state index contributed by atoms with van der Waals surface area (Å²) in [6, 6.07) is 14.0. The molecule has 0 fully saturated rings. The summed E-state index contributed by atoms with van der Waals surface area (Å²) in [5.41, 5.74) is 0.992. The van der Waals surface area contributed by atoms with Crippen molar-refractivity contribution in [1.29, 1.82) is 0 Å². The zero-order chi connectivity index (χ0) is 15.8. The summed E-state index contributed by atoms with van der Waals surface area (Å²) in [5, 5.41) is 8.02. The van der Waals surface area contributed by atoms with E-state index in [1.54, 1.807) is 13.2 Å². The highest BCUT2D eigenvalue weighted by molar-refractivity contribution is 7.80. The number of methoxy groups -OCH3 is 1. The molecule has 2 aromatic rings. The van der Waals surface area contributed by atoms with E-state index in [4.69, 9.17) is 17.0 Å². The highest BCUT2D eigenvalue weighted by atomic mass is 32.1. The number of benzene rings is 2. The first kappa shape index (κ1) is 16.1. The van der Waals surface area contributed by atoms with Crippen LogP contribution < -0.4 is 10.6 Å². The van der Waals surface area contributed by atoms with E-state index < -0.39 is 0 Å². The van der Waals surface area contributed by atoms with E-state index >= 15 is 0 Å². The molecule has 0 spiro atoms. The van der Waals surface area contributed by atoms with Gasteiger partial charge in [-0.15, -0.1) is 0 Å². The molecule has 1 amide bonds. The van der Waals surface area contributed by atoms with Crippen molar-refractivity contribution in [2.24, 2.45) is 0 Å². The van der Waals surface area contributed by atoms with Crippen LogP contribution >= 0.6 is 12.2 Å². The molecule has 0 heterocycles. The maximum absolute atomic E-state index is 11.8. The Bertz CT molecular complexity index is 693. The number of rotatable bonds is 5. The van der Waals surface area contributed by atoms with Gasteiger partial charge in [0.2, 0.25) is 5.91 Å². The Kier molecular flexibility index (Phi) is 6.06. The van der Waals surface area contributed by atoms with Crippen molar-refractivity contribution in [2.45, 2.75) is 0 Å². The molecule has 114 valence electrons. The van der Waals surface area contributed by atoms with Gasteiger partial charge in [0.15, 0.2) is 5.11 Å². The Morgan fingerprint density at radius 1 is 1.23 bits per heavy atom. The van der Waals surface area contributed by atoms with Crippen molar-refractivity contribution in [3.05, 3.63) is 54.1 Å². The number of fused-ring (bicyclic) bond motifs is 1. The van der Waals surface area contributed by atoms with Crippen molar-refractivity contribution >= 4 is 40.1 Å². The van der Waals surface area contributed by atoms with E-state index in [1.807, 2.05) is 42.5 Å². The van der Waals surface area contributed by atoms with Gasteiger partial charge >= 0.3 is 0 Å². The molecule has 4 nitrogen and oxygen atoms in total.